The van der Waals surface area contributed by atoms with Crippen molar-refractivity contribution in [2.24, 2.45) is 10.9 Å². The van der Waals surface area contributed by atoms with Crippen LogP contribution in [0.5, 0.6) is 11.5 Å². The number of ether oxygens (including phenoxy) is 2. The smallest absolute Gasteiger partial charge is 0.172 e. The van der Waals surface area contributed by atoms with E-state index < -0.39 is 0 Å². The second-order valence-electron chi connectivity index (χ2n) is 12.4. The number of aryl methyl sites for hydroxylation is 2. The fraction of sp³-hybridized carbons (Fsp3) is 0.452. The van der Waals surface area contributed by atoms with Crippen LogP contribution >= 0.6 is 0 Å². The van der Waals surface area contributed by atoms with Crippen molar-refractivity contribution < 1.29 is 14.3 Å². The molecule has 0 saturated carbocycles. The molecule has 2 heterocycles. The number of hydrogen-bond donors (Lipinski definition) is 1. The number of aromatic nitrogens is 1. The number of pyridine rings is 1. The van der Waals surface area contributed by atoms with Crippen molar-refractivity contribution in [1.29, 1.82) is 0 Å². The first-order valence-corrected chi connectivity index (χ1v) is 17.9. The van der Waals surface area contributed by atoms with Gasteiger partial charge in [-0.05, 0) is 107 Å². The maximum atomic E-state index is 9.69. The number of benzene rings is 1. The third-order valence-electron chi connectivity index (χ3n) is 7.87. The van der Waals surface area contributed by atoms with Crippen molar-refractivity contribution in [2.45, 2.75) is 101 Å². The number of amidine groups is 1. The Labute approximate surface area is 296 Å². The molecular formula is C42H60N4O3. The first kappa shape index (κ1) is 40.8. The Hall–Kier alpha value is -4.39. The van der Waals surface area contributed by atoms with Crippen LogP contribution < -0.4 is 19.7 Å². The minimum atomic E-state index is 0.0185. The standard InChI is InChI=1S/C38H54N4O2.C4H6O/c1-9-14-17-31(12-4)18-20-33(13-5)44-34-21-19-32(24-29(34)7)40-37(39-22-15-10-2)36-30(8)25-35-38(41-36)42(23-16-11-3)26-28(6)27-43-35;1-3-4(2)5/h13,15,17-22,24-25,28H,9-12,14,16,23,26-27H2,1-8H3,(H,39,40);3H,1H2,2H3/b20-18-,22-15+,31-17+,33-13+;. The van der Waals surface area contributed by atoms with Crippen molar-refractivity contribution in [3.8, 4) is 11.5 Å². The normalized spacial score (nSPS) is 15.3. The molecule has 2 aromatic rings. The van der Waals surface area contributed by atoms with Crippen molar-refractivity contribution in [2.75, 3.05) is 29.9 Å². The molecule has 0 bridgehead atoms. The van der Waals surface area contributed by atoms with Gasteiger partial charge in [-0.25, -0.2) is 9.98 Å². The maximum absolute atomic E-state index is 9.69. The molecule has 7 heteroatoms. The van der Waals surface area contributed by atoms with Crippen LogP contribution in [0.1, 0.15) is 104 Å². The highest BCUT2D eigenvalue weighted by atomic mass is 16.5. The van der Waals surface area contributed by atoms with E-state index in [0.717, 1.165) is 97.2 Å². The lowest BCUT2D eigenvalue weighted by Gasteiger charge is -2.25. The fourth-order valence-electron chi connectivity index (χ4n) is 4.97. The largest absolute Gasteiger partial charge is 0.489 e. The zero-order chi connectivity index (χ0) is 36.2. The number of carbonyl (C=O) groups is 1. The topological polar surface area (TPSA) is 76.0 Å². The average Bonchev–Trinajstić information content (AvgIpc) is 3.24. The number of rotatable bonds is 15. The fourth-order valence-corrected chi connectivity index (χ4v) is 4.97. The number of fused-ring (bicyclic) bond motifs is 1. The van der Waals surface area contributed by atoms with Gasteiger partial charge in [0.1, 0.15) is 17.2 Å². The molecule has 266 valence electrons. The van der Waals surface area contributed by atoms with Crippen molar-refractivity contribution in [1.82, 2.24) is 4.98 Å². The first-order valence-electron chi connectivity index (χ1n) is 17.9. The molecule has 0 radical (unpaired) electrons. The Kier molecular flexibility index (Phi) is 18.5. The van der Waals surface area contributed by atoms with Crippen LogP contribution in [0.4, 0.5) is 11.5 Å². The molecule has 0 spiro atoms. The molecule has 0 fully saturated rings. The summed E-state index contributed by atoms with van der Waals surface area (Å²) in [5, 5.41) is 3.57. The number of ketones is 1. The summed E-state index contributed by atoms with van der Waals surface area (Å²) >= 11 is 0. The minimum Gasteiger partial charge on any atom is -0.489 e. The van der Waals surface area contributed by atoms with Gasteiger partial charge >= 0.3 is 0 Å². The third kappa shape index (κ3) is 13.9. The van der Waals surface area contributed by atoms with Gasteiger partial charge < -0.3 is 19.7 Å². The number of nitrogens with zero attached hydrogens (tertiary/aromatic N) is 3. The van der Waals surface area contributed by atoms with E-state index in [1.54, 1.807) is 0 Å². The average molecular weight is 669 g/mol. The van der Waals surface area contributed by atoms with E-state index >= 15 is 0 Å². The molecule has 1 atom stereocenters. The highest BCUT2D eigenvalue weighted by Gasteiger charge is 2.24. The zero-order valence-corrected chi connectivity index (χ0v) is 31.6. The molecule has 3 rings (SSSR count). The number of carbonyl (C=O) groups excluding carboxylic acids is 1. The van der Waals surface area contributed by atoms with Crippen molar-refractivity contribution in [3.05, 3.63) is 102 Å². The lowest BCUT2D eigenvalue weighted by Crippen LogP contribution is -2.30. The van der Waals surface area contributed by atoms with E-state index in [0.29, 0.717) is 18.4 Å². The predicted molar refractivity (Wildman–Crippen MR) is 209 cm³/mol. The molecule has 0 saturated heterocycles. The Morgan fingerprint density at radius 2 is 1.90 bits per heavy atom. The zero-order valence-electron chi connectivity index (χ0n) is 31.6. The van der Waals surface area contributed by atoms with E-state index in [1.165, 1.54) is 18.6 Å². The Balaban J connectivity index is 0.00000155. The summed E-state index contributed by atoms with van der Waals surface area (Å²) in [5.74, 6) is 4.56. The highest BCUT2D eigenvalue weighted by molar-refractivity contribution is 6.08. The maximum Gasteiger partial charge on any atom is 0.172 e. The summed E-state index contributed by atoms with van der Waals surface area (Å²) < 4.78 is 12.5. The molecule has 1 unspecified atom stereocenters. The second kappa shape index (κ2) is 22.3. The van der Waals surface area contributed by atoms with Crippen LogP contribution in [0.15, 0.2) is 89.8 Å². The molecule has 1 aliphatic heterocycles. The number of hydrogen-bond acceptors (Lipinski definition) is 6. The first-order chi connectivity index (χ1) is 23.6. The van der Waals surface area contributed by atoms with E-state index in [-0.39, 0.29) is 5.78 Å². The van der Waals surface area contributed by atoms with Gasteiger partial charge in [-0.3, -0.25) is 4.79 Å². The van der Waals surface area contributed by atoms with E-state index in [9.17, 15) is 4.79 Å². The lowest BCUT2D eigenvalue weighted by molar-refractivity contribution is -0.112. The summed E-state index contributed by atoms with van der Waals surface area (Å²) in [6.45, 7) is 24.4. The molecule has 7 nitrogen and oxygen atoms in total. The van der Waals surface area contributed by atoms with Crippen molar-refractivity contribution >= 4 is 23.1 Å². The van der Waals surface area contributed by atoms with Gasteiger partial charge in [0.15, 0.2) is 23.2 Å². The Morgan fingerprint density at radius 1 is 1.14 bits per heavy atom. The number of unbranched alkanes of at least 4 members (excludes halogenated alkanes) is 2. The minimum absolute atomic E-state index is 0.0185. The molecule has 0 aliphatic carbocycles. The number of allylic oxidation sites excluding steroid dienone is 7. The molecule has 49 heavy (non-hydrogen) atoms. The van der Waals surface area contributed by atoms with E-state index in [2.05, 4.69) is 102 Å². The van der Waals surface area contributed by atoms with Gasteiger partial charge in [-0.2, -0.15) is 0 Å². The van der Waals surface area contributed by atoms with Gasteiger partial charge in [0.05, 0.1) is 6.61 Å². The molecule has 0 amide bonds. The molecule has 1 aromatic heterocycles. The van der Waals surface area contributed by atoms with Crippen LogP contribution in [0, 0.1) is 19.8 Å². The van der Waals surface area contributed by atoms with Crippen LogP contribution in [0.2, 0.25) is 0 Å². The third-order valence-corrected chi connectivity index (χ3v) is 7.87. The summed E-state index contributed by atoms with van der Waals surface area (Å²) in [6.07, 6.45) is 20.1. The molecule has 1 N–H and O–H groups in total. The molecule has 1 aliphatic rings. The Morgan fingerprint density at radius 3 is 2.51 bits per heavy atom. The Bertz CT molecular complexity index is 1520. The molecular weight excluding hydrogens is 608 g/mol. The van der Waals surface area contributed by atoms with Gasteiger partial charge in [0, 0.05) is 30.9 Å². The predicted octanol–water partition coefficient (Wildman–Crippen LogP) is 10.9. The number of anilines is 2. The number of aliphatic imine (C=N–C) groups is 1. The van der Waals surface area contributed by atoms with Crippen LogP contribution in [0.25, 0.3) is 0 Å². The second-order valence-corrected chi connectivity index (χ2v) is 12.4. The summed E-state index contributed by atoms with van der Waals surface area (Å²) in [6, 6.07) is 8.27. The summed E-state index contributed by atoms with van der Waals surface area (Å²) in [4.78, 5) is 22.1. The monoisotopic (exact) mass is 668 g/mol. The quantitative estimate of drug-likeness (QED) is 0.0669. The SMILES string of the molecule is C=CC(C)=O.C\C=C(/C=C\C(=C\CCC)CC)Oc1ccc(NC(=N/C=C/CC)c2nc3c(cc2C)OCC(C)CN3CCCC)cc1C. The van der Waals surface area contributed by atoms with Crippen LogP contribution in [-0.2, 0) is 4.79 Å². The van der Waals surface area contributed by atoms with E-state index in [1.807, 2.05) is 31.3 Å². The molecule has 1 aromatic carbocycles. The summed E-state index contributed by atoms with van der Waals surface area (Å²) in [7, 11) is 0. The van der Waals surface area contributed by atoms with E-state index in [4.69, 9.17) is 19.5 Å². The van der Waals surface area contributed by atoms with Gasteiger partial charge in [0.2, 0.25) is 0 Å². The van der Waals surface area contributed by atoms with Crippen LogP contribution in [-0.4, -0.2) is 36.3 Å². The van der Waals surface area contributed by atoms with Gasteiger partial charge in [-0.15, -0.1) is 0 Å². The summed E-state index contributed by atoms with van der Waals surface area (Å²) in [5.41, 5.74) is 5.13. The van der Waals surface area contributed by atoms with Gasteiger partial charge in [-0.1, -0.05) is 77.8 Å². The highest BCUT2D eigenvalue weighted by Crippen LogP contribution is 2.33. The lowest BCUT2D eigenvalue weighted by atomic mass is 10.1. The number of nitrogens with one attached hydrogen (secondary N) is 1. The van der Waals surface area contributed by atoms with Gasteiger partial charge in [0.25, 0.3) is 0 Å². The van der Waals surface area contributed by atoms with Crippen LogP contribution in [0.3, 0.4) is 0 Å². The van der Waals surface area contributed by atoms with Crippen molar-refractivity contribution in [3.63, 3.8) is 0 Å².